The van der Waals surface area contributed by atoms with Crippen LogP contribution in [0.5, 0.6) is 5.75 Å². The first-order valence-electron chi connectivity index (χ1n) is 6.62. The van der Waals surface area contributed by atoms with Crippen LogP contribution in [0.15, 0.2) is 58.5 Å². The highest BCUT2D eigenvalue weighted by Gasteiger charge is 2.05. The van der Waals surface area contributed by atoms with E-state index in [9.17, 15) is 4.79 Å². The second kappa shape index (κ2) is 8.09. The summed E-state index contributed by atoms with van der Waals surface area (Å²) in [5.74, 6) is 1.59. The molecule has 114 valence electrons. The SMILES string of the molecule is COc1cc(C=NNC(N)=O)ccc1CSc1ccccc1. The summed E-state index contributed by atoms with van der Waals surface area (Å²) >= 11 is 1.74. The molecule has 0 saturated carbocycles. The highest BCUT2D eigenvalue weighted by atomic mass is 32.2. The van der Waals surface area contributed by atoms with Gasteiger partial charge >= 0.3 is 6.03 Å². The maximum Gasteiger partial charge on any atom is 0.332 e. The van der Waals surface area contributed by atoms with Crippen LogP contribution in [-0.2, 0) is 5.75 Å². The smallest absolute Gasteiger partial charge is 0.332 e. The van der Waals surface area contributed by atoms with Crippen LogP contribution in [0.25, 0.3) is 0 Å². The third-order valence-electron chi connectivity index (χ3n) is 2.84. The minimum absolute atomic E-state index is 0.695. The molecule has 0 radical (unpaired) electrons. The number of benzene rings is 2. The van der Waals surface area contributed by atoms with Gasteiger partial charge in [0.15, 0.2) is 0 Å². The number of nitrogens with one attached hydrogen (secondary N) is 1. The molecule has 0 unspecified atom stereocenters. The van der Waals surface area contributed by atoms with Crippen molar-refractivity contribution in [3.8, 4) is 5.75 Å². The van der Waals surface area contributed by atoms with E-state index in [1.165, 1.54) is 11.1 Å². The normalized spacial score (nSPS) is 10.6. The van der Waals surface area contributed by atoms with Crippen molar-refractivity contribution in [2.24, 2.45) is 10.8 Å². The lowest BCUT2D eigenvalue weighted by atomic mass is 10.1. The van der Waals surface area contributed by atoms with Gasteiger partial charge in [0, 0.05) is 16.2 Å². The Morgan fingerprint density at radius 1 is 1.32 bits per heavy atom. The monoisotopic (exact) mass is 315 g/mol. The Balaban J connectivity index is 2.05. The number of methoxy groups -OCH3 is 1. The van der Waals surface area contributed by atoms with Gasteiger partial charge in [-0.25, -0.2) is 10.2 Å². The van der Waals surface area contributed by atoms with E-state index in [0.717, 1.165) is 22.6 Å². The van der Waals surface area contributed by atoms with Crippen LogP contribution in [0.4, 0.5) is 4.79 Å². The number of amides is 2. The lowest BCUT2D eigenvalue weighted by Crippen LogP contribution is -2.24. The zero-order valence-electron chi connectivity index (χ0n) is 12.2. The summed E-state index contributed by atoms with van der Waals surface area (Å²) in [4.78, 5) is 11.8. The van der Waals surface area contributed by atoms with Gasteiger partial charge in [-0.3, -0.25) is 0 Å². The first-order valence-corrected chi connectivity index (χ1v) is 7.61. The minimum atomic E-state index is -0.695. The fourth-order valence-electron chi connectivity index (χ4n) is 1.81. The average Bonchev–Trinajstić information content (AvgIpc) is 2.54. The number of carbonyl (C=O) groups excluding carboxylic acids is 1. The second-order valence-electron chi connectivity index (χ2n) is 4.41. The highest BCUT2D eigenvalue weighted by molar-refractivity contribution is 7.98. The summed E-state index contributed by atoms with van der Waals surface area (Å²) < 4.78 is 5.41. The van der Waals surface area contributed by atoms with Crippen LogP contribution < -0.4 is 15.9 Å². The number of primary amides is 1. The first-order chi connectivity index (χ1) is 10.7. The Morgan fingerprint density at radius 3 is 2.77 bits per heavy atom. The molecule has 22 heavy (non-hydrogen) atoms. The Hall–Kier alpha value is -2.47. The number of nitrogens with zero attached hydrogens (tertiary/aromatic N) is 1. The van der Waals surface area contributed by atoms with Crippen molar-refractivity contribution in [3.63, 3.8) is 0 Å². The first kappa shape index (κ1) is 15.9. The number of hydrogen-bond donors (Lipinski definition) is 2. The number of ether oxygens (including phenoxy) is 1. The van der Waals surface area contributed by atoms with E-state index in [-0.39, 0.29) is 0 Å². The number of nitrogens with two attached hydrogens (primary N) is 1. The topological polar surface area (TPSA) is 76.7 Å². The summed E-state index contributed by atoms with van der Waals surface area (Å²) in [7, 11) is 1.63. The van der Waals surface area contributed by atoms with Crippen LogP contribution in [0.1, 0.15) is 11.1 Å². The predicted octanol–water partition coefficient (Wildman–Crippen LogP) is 2.99. The number of hydrazone groups is 1. The fraction of sp³-hybridized carbons (Fsp3) is 0.125. The summed E-state index contributed by atoms with van der Waals surface area (Å²) in [6.45, 7) is 0. The van der Waals surface area contributed by atoms with Crippen molar-refractivity contribution in [2.75, 3.05) is 7.11 Å². The van der Waals surface area contributed by atoms with Crippen LogP contribution in [0.3, 0.4) is 0 Å². The number of thioether (sulfide) groups is 1. The third kappa shape index (κ3) is 4.82. The number of hydrogen-bond acceptors (Lipinski definition) is 4. The molecule has 3 N–H and O–H groups in total. The average molecular weight is 315 g/mol. The molecule has 0 heterocycles. The lowest BCUT2D eigenvalue weighted by Gasteiger charge is -2.09. The zero-order valence-corrected chi connectivity index (χ0v) is 13.0. The largest absolute Gasteiger partial charge is 0.496 e. The van der Waals surface area contributed by atoms with Gasteiger partial charge in [-0.05, 0) is 23.8 Å². The van der Waals surface area contributed by atoms with E-state index in [1.54, 1.807) is 18.9 Å². The van der Waals surface area contributed by atoms with Crippen LogP contribution >= 0.6 is 11.8 Å². The summed E-state index contributed by atoms with van der Waals surface area (Å²) in [6, 6.07) is 15.3. The van der Waals surface area contributed by atoms with Gasteiger partial charge < -0.3 is 10.5 Å². The van der Waals surface area contributed by atoms with Crippen molar-refractivity contribution < 1.29 is 9.53 Å². The molecule has 0 aliphatic rings. The highest BCUT2D eigenvalue weighted by Crippen LogP contribution is 2.28. The Bertz CT molecular complexity index is 660. The van der Waals surface area contributed by atoms with E-state index < -0.39 is 6.03 Å². The van der Waals surface area contributed by atoms with Gasteiger partial charge in [-0.2, -0.15) is 5.10 Å². The van der Waals surface area contributed by atoms with Crippen LogP contribution in [0.2, 0.25) is 0 Å². The zero-order chi connectivity index (χ0) is 15.8. The van der Waals surface area contributed by atoms with E-state index in [2.05, 4.69) is 22.7 Å². The Labute approximate surface area is 133 Å². The van der Waals surface area contributed by atoms with Crippen molar-refractivity contribution in [2.45, 2.75) is 10.6 Å². The maximum atomic E-state index is 10.6. The second-order valence-corrected chi connectivity index (χ2v) is 5.46. The molecule has 0 aliphatic carbocycles. The molecular weight excluding hydrogens is 298 g/mol. The maximum absolute atomic E-state index is 10.6. The van der Waals surface area contributed by atoms with Gasteiger partial charge in [0.2, 0.25) is 0 Å². The molecule has 0 aromatic heterocycles. The van der Waals surface area contributed by atoms with Gasteiger partial charge in [0.1, 0.15) is 5.75 Å². The molecule has 6 heteroatoms. The minimum Gasteiger partial charge on any atom is -0.496 e. The van der Waals surface area contributed by atoms with Crippen molar-refractivity contribution in [1.82, 2.24) is 5.43 Å². The molecule has 2 aromatic rings. The van der Waals surface area contributed by atoms with Crippen molar-refractivity contribution in [3.05, 3.63) is 59.7 Å². The van der Waals surface area contributed by atoms with E-state index >= 15 is 0 Å². The molecule has 0 bridgehead atoms. The standard InChI is InChI=1S/C16H17N3O2S/c1-21-15-9-12(10-18-19-16(17)20)7-8-13(15)11-22-14-5-3-2-4-6-14/h2-10H,11H2,1H3,(H3,17,19,20). The van der Waals surface area contributed by atoms with Gasteiger partial charge in [0.05, 0.1) is 13.3 Å². The summed E-state index contributed by atoms with van der Waals surface area (Å²) in [6.07, 6.45) is 1.52. The fourth-order valence-corrected chi connectivity index (χ4v) is 2.72. The van der Waals surface area contributed by atoms with Gasteiger partial charge in [0.25, 0.3) is 0 Å². The quantitative estimate of drug-likeness (QED) is 0.489. The van der Waals surface area contributed by atoms with Crippen molar-refractivity contribution >= 4 is 24.0 Å². The molecular formula is C16H17N3O2S. The lowest BCUT2D eigenvalue weighted by molar-refractivity contribution is 0.249. The van der Waals surface area contributed by atoms with Crippen molar-refractivity contribution in [1.29, 1.82) is 0 Å². The number of urea groups is 1. The van der Waals surface area contributed by atoms with E-state index in [1.807, 2.05) is 36.4 Å². The predicted molar refractivity (Wildman–Crippen MR) is 89.3 cm³/mol. The summed E-state index contributed by atoms with van der Waals surface area (Å²) in [5, 5.41) is 3.73. The van der Waals surface area contributed by atoms with Gasteiger partial charge in [-0.15, -0.1) is 11.8 Å². The molecule has 0 aliphatic heterocycles. The summed E-state index contributed by atoms with van der Waals surface area (Å²) in [5.41, 5.74) is 9.01. The number of carbonyl (C=O) groups is 1. The Kier molecular flexibility index (Phi) is 5.85. The molecule has 0 atom stereocenters. The molecule has 2 aromatic carbocycles. The van der Waals surface area contributed by atoms with E-state index in [4.69, 9.17) is 10.5 Å². The number of rotatable bonds is 6. The molecule has 0 fully saturated rings. The van der Waals surface area contributed by atoms with Gasteiger partial charge in [-0.1, -0.05) is 30.3 Å². The molecule has 2 rings (SSSR count). The van der Waals surface area contributed by atoms with E-state index in [0.29, 0.717) is 0 Å². The molecule has 5 nitrogen and oxygen atoms in total. The molecule has 2 amide bonds. The van der Waals surface area contributed by atoms with Crippen LogP contribution in [-0.4, -0.2) is 19.4 Å². The molecule has 0 spiro atoms. The third-order valence-corrected chi connectivity index (χ3v) is 3.90. The van der Waals surface area contributed by atoms with Crippen LogP contribution in [0, 0.1) is 0 Å². The molecule has 0 saturated heterocycles. The Morgan fingerprint density at radius 2 is 2.09 bits per heavy atom.